The van der Waals surface area contributed by atoms with Crippen molar-refractivity contribution in [2.24, 2.45) is 4.99 Å². The molecule has 4 nitrogen and oxygen atoms in total. The van der Waals surface area contributed by atoms with Gasteiger partial charge in [-0.1, -0.05) is 19.9 Å². The van der Waals surface area contributed by atoms with Gasteiger partial charge < -0.3 is 9.30 Å². The SMILES string of the molecule is CCOCCn1c(C)c(C(C)C)sc1=NC(=O)c1cccc(C(F)(F)F)c1F. The molecule has 0 aliphatic carbocycles. The number of benzene rings is 1. The van der Waals surface area contributed by atoms with Crippen LogP contribution in [0.4, 0.5) is 17.6 Å². The average Bonchev–Trinajstić information content (AvgIpc) is 2.90. The minimum Gasteiger partial charge on any atom is -0.380 e. The van der Waals surface area contributed by atoms with E-state index in [4.69, 9.17) is 4.74 Å². The molecule has 2 aromatic rings. The highest BCUT2D eigenvalue weighted by atomic mass is 32.1. The minimum atomic E-state index is -4.89. The first-order chi connectivity index (χ1) is 13.1. The molecule has 28 heavy (non-hydrogen) atoms. The van der Waals surface area contributed by atoms with Crippen molar-refractivity contribution in [3.05, 3.63) is 50.5 Å². The number of thiazole rings is 1. The van der Waals surface area contributed by atoms with Gasteiger partial charge >= 0.3 is 6.18 Å². The molecule has 1 heterocycles. The summed E-state index contributed by atoms with van der Waals surface area (Å²) < 4.78 is 60.1. The normalized spacial score (nSPS) is 12.8. The molecule has 9 heteroatoms. The van der Waals surface area contributed by atoms with Gasteiger partial charge in [0.1, 0.15) is 5.82 Å². The molecule has 0 N–H and O–H groups in total. The zero-order valence-corrected chi connectivity index (χ0v) is 16.9. The zero-order chi connectivity index (χ0) is 21.1. The van der Waals surface area contributed by atoms with Crippen LogP contribution in [-0.4, -0.2) is 23.7 Å². The fourth-order valence-electron chi connectivity index (χ4n) is 2.75. The molecule has 0 bridgehead atoms. The molecule has 1 amide bonds. The van der Waals surface area contributed by atoms with Gasteiger partial charge in [0.05, 0.1) is 17.7 Å². The van der Waals surface area contributed by atoms with Gasteiger partial charge in [-0.2, -0.15) is 18.2 Å². The van der Waals surface area contributed by atoms with E-state index in [1.165, 1.54) is 11.3 Å². The Labute approximate surface area is 164 Å². The van der Waals surface area contributed by atoms with Gasteiger partial charge in [0.2, 0.25) is 0 Å². The first-order valence-corrected chi connectivity index (χ1v) is 9.62. The Kier molecular flexibility index (Phi) is 7.16. The number of carbonyl (C=O) groups is 1. The highest BCUT2D eigenvalue weighted by molar-refractivity contribution is 7.09. The number of hydrogen-bond acceptors (Lipinski definition) is 3. The number of carbonyl (C=O) groups excluding carboxylic acids is 1. The second kappa shape index (κ2) is 9.00. The summed E-state index contributed by atoms with van der Waals surface area (Å²) in [7, 11) is 0. The van der Waals surface area contributed by atoms with E-state index in [-0.39, 0.29) is 5.92 Å². The molecular formula is C19H22F4N2O2S. The minimum absolute atomic E-state index is 0.174. The topological polar surface area (TPSA) is 43.6 Å². The summed E-state index contributed by atoms with van der Waals surface area (Å²) in [4.78, 5) is 17.7. The lowest BCUT2D eigenvalue weighted by Crippen LogP contribution is -2.21. The lowest BCUT2D eigenvalue weighted by molar-refractivity contribution is -0.140. The van der Waals surface area contributed by atoms with Crippen LogP contribution in [0.5, 0.6) is 0 Å². The van der Waals surface area contributed by atoms with Gasteiger partial charge in [-0.25, -0.2) is 4.39 Å². The summed E-state index contributed by atoms with van der Waals surface area (Å²) in [6.45, 7) is 9.07. The van der Waals surface area contributed by atoms with E-state index in [1.807, 2.05) is 27.7 Å². The third kappa shape index (κ3) is 4.88. The monoisotopic (exact) mass is 418 g/mol. The molecule has 1 aromatic heterocycles. The predicted octanol–water partition coefficient (Wildman–Crippen LogP) is 4.92. The smallest absolute Gasteiger partial charge is 0.380 e. The number of ether oxygens (including phenoxy) is 1. The van der Waals surface area contributed by atoms with Crippen molar-refractivity contribution < 1.29 is 27.1 Å². The molecule has 0 radical (unpaired) electrons. The van der Waals surface area contributed by atoms with E-state index in [1.54, 1.807) is 4.57 Å². The number of aromatic nitrogens is 1. The quantitative estimate of drug-likeness (QED) is 0.494. The highest BCUT2D eigenvalue weighted by Crippen LogP contribution is 2.32. The summed E-state index contributed by atoms with van der Waals surface area (Å²) in [5.41, 5.74) is -1.29. The molecule has 0 spiro atoms. The van der Waals surface area contributed by atoms with E-state index in [9.17, 15) is 22.4 Å². The Bertz CT molecular complexity index is 914. The second-order valence-electron chi connectivity index (χ2n) is 6.42. The first-order valence-electron chi connectivity index (χ1n) is 8.80. The summed E-state index contributed by atoms with van der Waals surface area (Å²) >= 11 is 1.27. The predicted molar refractivity (Wildman–Crippen MR) is 98.9 cm³/mol. The maximum Gasteiger partial charge on any atom is 0.419 e. The number of halogens is 4. The molecule has 0 aliphatic rings. The molecule has 0 atom stereocenters. The summed E-state index contributed by atoms with van der Waals surface area (Å²) in [6.07, 6.45) is -4.89. The van der Waals surface area contributed by atoms with Crippen molar-refractivity contribution in [1.29, 1.82) is 0 Å². The third-order valence-corrected chi connectivity index (χ3v) is 5.59. The largest absolute Gasteiger partial charge is 0.419 e. The van der Waals surface area contributed by atoms with Crippen LogP contribution >= 0.6 is 11.3 Å². The van der Waals surface area contributed by atoms with Crippen LogP contribution < -0.4 is 4.80 Å². The average molecular weight is 418 g/mol. The van der Waals surface area contributed by atoms with Gasteiger partial charge in [-0.3, -0.25) is 4.79 Å². The van der Waals surface area contributed by atoms with Crippen molar-refractivity contribution in [2.75, 3.05) is 13.2 Å². The van der Waals surface area contributed by atoms with Gasteiger partial charge in [-0.15, -0.1) is 11.3 Å². The molecule has 0 saturated carbocycles. The number of hydrogen-bond donors (Lipinski definition) is 0. The highest BCUT2D eigenvalue weighted by Gasteiger charge is 2.35. The fraction of sp³-hybridized carbons (Fsp3) is 0.474. The summed E-state index contributed by atoms with van der Waals surface area (Å²) in [5, 5.41) is 0. The van der Waals surface area contributed by atoms with Crippen LogP contribution in [0.3, 0.4) is 0 Å². The number of rotatable bonds is 6. The Morgan fingerprint density at radius 3 is 2.57 bits per heavy atom. The van der Waals surface area contributed by atoms with Crippen molar-refractivity contribution in [1.82, 2.24) is 4.57 Å². The van der Waals surface area contributed by atoms with Crippen LogP contribution in [0.2, 0.25) is 0 Å². The second-order valence-corrected chi connectivity index (χ2v) is 7.43. The van der Waals surface area contributed by atoms with Gasteiger partial charge in [-0.05, 0) is 31.9 Å². The zero-order valence-electron chi connectivity index (χ0n) is 16.1. The molecule has 2 rings (SSSR count). The number of alkyl halides is 3. The Morgan fingerprint density at radius 1 is 1.32 bits per heavy atom. The van der Waals surface area contributed by atoms with E-state index >= 15 is 0 Å². The van der Waals surface area contributed by atoms with E-state index in [0.717, 1.165) is 22.7 Å². The van der Waals surface area contributed by atoms with E-state index < -0.39 is 29.0 Å². The molecule has 1 aromatic carbocycles. The molecule has 0 aliphatic heterocycles. The van der Waals surface area contributed by atoms with Crippen molar-refractivity contribution >= 4 is 17.2 Å². The molecular weight excluding hydrogens is 396 g/mol. The summed E-state index contributed by atoms with van der Waals surface area (Å²) in [5.74, 6) is -2.49. The molecule has 0 unspecified atom stereocenters. The van der Waals surface area contributed by atoms with Crippen LogP contribution in [0.25, 0.3) is 0 Å². The Balaban J connectivity index is 2.52. The van der Waals surface area contributed by atoms with Gasteiger partial charge in [0, 0.05) is 23.7 Å². The summed E-state index contributed by atoms with van der Waals surface area (Å²) in [6, 6.07) is 2.60. The van der Waals surface area contributed by atoms with Crippen molar-refractivity contribution in [2.45, 2.75) is 46.3 Å². The van der Waals surface area contributed by atoms with Crippen LogP contribution in [0.15, 0.2) is 23.2 Å². The maximum atomic E-state index is 14.3. The molecule has 0 fully saturated rings. The molecule has 154 valence electrons. The first kappa shape index (κ1) is 22.3. The Hall–Kier alpha value is -2.00. The van der Waals surface area contributed by atoms with Gasteiger partial charge in [0.25, 0.3) is 5.91 Å². The number of amides is 1. The van der Waals surface area contributed by atoms with E-state index in [2.05, 4.69) is 4.99 Å². The lowest BCUT2D eigenvalue weighted by atomic mass is 10.1. The molecule has 0 saturated heterocycles. The standard InChI is InChI=1S/C19H22F4N2O2S/c1-5-27-10-9-25-12(4)16(11(2)3)28-18(25)24-17(26)13-7-6-8-14(15(13)20)19(21,22)23/h6-8,11H,5,9-10H2,1-4H3. The van der Waals surface area contributed by atoms with Crippen LogP contribution in [0, 0.1) is 12.7 Å². The number of nitrogens with zero attached hydrogens (tertiary/aromatic N) is 2. The van der Waals surface area contributed by atoms with Crippen LogP contribution in [0.1, 0.15) is 53.2 Å². The fourth-order valence-corrected chi connectivity index (χ4v) is 3.91. The van der Waals surface area contributed by atoms with Crippen molar-refractivity contribution in [3.8, 4) is 0 Å². The van der Waals surface area contributed by atoms with Gasteiger partial charge in [0.15, 0.2) is 4.80 Å². The van der Waals surface area contributed by atoms with Crippen molar-refractivity contribution in [3.63, 3.8) is 0 Å². The van der Waals surface area contributed by atoms with Crippen LogP contribution in [-0.2, 0) is 17.5 Å². The Morgan fingerprint density at radius 2 is 2.00 bits per heavy atom. The van der Waals surface area contributed by atoms with E-state index in [0.29, 0.717) is 30.6 Å². The maximum absolute atomic E-state index is 14.3. The lowest BCUT2D eigenvalue weighted by Gasteiger charge is -2.09. The third-order valence-electron chi connectivity index (χ3n) is 4.11.